The number of nitrogens with one attached hydrogen (secondary N) is 1. The van der Waals surface area contributed by atoms with Crippen LogP contribution in [0.3, 0.4) is 0 Å². The number of carbonyl (C=O) groups excluding carboxylic acids is 1. The molecular formula is C19H23ClN4O2S. The van der Waals surface area contributed by atoms with Gasteiger partial charge in [-0.3, -0.25) is 4.79 Å². The highest BCUT2D eigenvalue weighted by Gasteiger charge is 2.25. The zero-order chi connectivity index (χ0) is 19.2. The number of benzene rings is 1. The summed E-state index contributed by atoms with van der Waals surface area (Å²) in [5.41, 5.74) is 0. The van der Waals surface area contributed by atoms with Crippen molar-refractivity contribution < 1.29 is 9.90 Å². The Kier molecular flexibility index (Phi) is 6.93. The van der Waals surface area contributed by atoms with E-state index in [-0.39, 0.29) is 11.8 Å². The molecule has 0 radical (unpaired) electrons. The summed E-state index contributed by atoms with van der Waals surface area (Å²) >= 11 is 7.44. The number of aliphatic hydroxyl groups excluding tert-OH is 1. The minimum Gasteiger partial charge on any atom is -0.392 e. The van der Waals surface area contributed by atoms with Crippen molar-refractivity contribution >= 4 is 35.1 Å². The smallest absolute Gasteiger partial charge is 0.223 e. The molecule has 1 saturated heterocycles. The molecule has 6 nitrogen and oxygen atoms in total. The molecule has 1 aliphatic heterocycles. The number of halogens is 1. The van der Waals surface area contributed by atoms with Gasteiger partial charge in [0.25, 0.3) is 0 Å². The predicted octanol–water partition coefficient (Wildman–Crippen LogP) is 2.99. The number of aromatic nitrogens is 2. The van der Waals surface area contributed by atoms with Crippen LogP contribution in [-0.2, 0) is 4.79 Å². The van der Waals surface area contributed by atoms with E-state index in [1.807, 2.05) is 36.4 Å². The fourth-order valence-electron chi connectivity index (χ4n) is 2.92. The number of nitrogens with zero attached hydrogens (tertiary/aromatic N) is 3. The summed E-state index contributed by atoms with van der Waals surface area (Å²) in [7, 11) is 0. The standard InChI is InChI=1S/C19H23ClN4O2S/c1-13(25)12-21-19(26)14-8-10-24(11-9-14)17-6-7-18(23-22-17)27-16-4-2-15(20)3-5-16/h2-7,13-14,25H,8-12H2,1H3,(H,21,26)/t13-/m1/s1. The van der Waals surface area contributed by atoms with Gasteiger partial charge in [-0.2, -0.15) is 0 Å². The van der Waals surface area contributed by atoms with E-state index in [0.717, 1.165) is 41.7 Å². The van der Waals surface area contributed by atoms with Gasteiger partial charge >= 0.3 is 0 Å². The van der Waals surface area contributed by atoms with Crippen molar-refractivity contribution in [2.75, 3.05) is 24.5 Å². The van der Waals surface area contributed by atoms with Gasteiger partial charge in [0.05, 0.1) is 6.10 Å². The summed E-state index contributed by atoms with van der Waals surface area (Å²) in [5, 5.41) is 22.3. The number of aliphatic hydroxyl groups is 1. The molecule has 1 aromatic heterocycles. The predicted molar refractivity (Wildman–Crippen MR) is 107 cm³/mol. The van der Waals surface area contributed by atoms with E-state index in [0.29, 0.717) is 11.6 Å². The van der Waals surface area contributed by atoms with Crippen molar-refractivity contribution in [3.63, 3.8) is 0 Å². The lowest BCUT2D eigenvalue weighted by Gasteiger charge is -2.31. The van der Waals surface area contributed by atoms with Crippen LogP contribution in [0.1, 0.15) is 19.8 Å². The maximum atomic E-state index is 12.1. The first-order valence-electron chi connectivity index (χ1n) is 8.99. The van der Waals surface area contributed by atoms with E-state index < -0.39 is 6.10 Å². The zero-order valence-electron chi connectivity index (χ0n) is 15.1. The lowest BCUT2D eigenvalue weighted by atomic mass is 9.96. The number of anilines is 1. The van der Waals surface area contributed by atoms with E-state index in [1.54, 1.807) is 6.92 Å². The molecule has 1 aromatic carbocycles. The van der Waals surface area contributed by atoms with Crippen molar-refractivity contribution in [3.8, 4) is 0 Å². The van der Waals surface area contributed by atoms with Gasteiger partial charge in [0.15, 0.2) is 5.82 Å². The van der Waals surface area contributed by atoms with Crippen molar-refractivity contribution in [3.05, 3.63) is 41.4 Å². The van der Waals surface area contributed by atoms with Crippen LogP contribution in [0.25, 0.3) is 0 Å². The van der Waals surface area contributed by atoms with Gasteiger partial charge in [0, 0.05) is 35.5 Å². The van der Waals surface area contributed by atoms with Crippen LogP contribution in [-0.4, -0.2) is 46.9 Å². The van der Waals surface area contributed by atoms with E-state index in [4.69, 9.17) is 11.6 Å². The summed E-state index contributed by atoms with van der Waals surface area (Å²) in [6, 6.07) is 11.6. The fourth-order valence-corrected chi connectivity index (χ4v) is 3.78. The Morgan fingerprint density at radius 1 is 1.26 bits per heavy atom. The average Bonchev–Trinajstić information content (AvgIpc) is 2.68. The minimum atomic E-state index is -0.520. The quantitative estimate of drug-likeness (QED) is 0.767. The van der Waals surface area contributed by atoms with Crippen LogP contribution >= 0.6 is 23.4 Å². The average molecular weight is 407 g/mol. The molecule has 144 valence electrons. The Bertz CT molecular complexity index is 747. The molecule has 0 unspecified atom stereocenters. The molecule has 0 aliphatic carbocycles. The SMILES string of the molecule is C[C@@H](O)CNC(=O)C1CCN(c2ccc(Sc3ccc(Cl)cc3)nn2)CC1. The summed E-state index contributed by atoms with van der Waals surface area (Å²) < 4.78 is 0. The number of piperidine rings is 1. The van der Waals surface area contributed by atoms with Gasteiger partial charge in [-0.15, -0.1) is 10.2 Å². The maximum absolute atomic E-state index is 12.1. The Morgan fingerprint density at radius 2 is 1.96 bits per heavy atom. The number of carbonyl (C=O) groups is 1. The number of hydrogen-bond donors (Lipinski definition) is 2. The minimum absolute atomic E-state index is 0.00677. The van der Waals surface area contributed by atoms with Crippen LogP contribution in [0.5, 0.6) is 0 Å². The van der Waals surface area contributed by atoms with Crippen LogP contribution in [0.4, 0.5) is 5.82 Å². The lowest BCUT2D eigenvalue weighted by molar-refractivity contribution is -0.126. The Labute approximate surface area is 168 Å². The largest absolute Gasteiger partial charge is 0.392 e. The summed E-state index contributed by atoms with van der Waals surface area (Å²) in [6.45, 7) is 3.50. The van der Waals surface area contributed by atoms with Crippen LogP contribution in [0, 0.1) is 5.92 Å². The fraction of sp³-hybridized carbons (Fsp3) is 0.421. The van der Waals surface area contributed by atoms with Crippen LogP contribution in [0.15, 0.2) is 46.3 Å². The molecule has 0 bridgehead atoms. The van der Waals surface area contributed by atoms with E-state index in [2.05, 4.69) is 20.4 Å². The molecule has 2 N–H and O–H groups in total. The molecule has 1 atom stereocenters. The Hall–Kier alpha value is -1.83. The molecule has 27 heavy (non-hydrogen) atoms. The van der Waals surface area contributed by atoms with E-state index >= 15 is 0 Å². The molecule has 8 heteroatoms. The summed E-state index contributed by atoms with van der Waals surface area (Å²) in [6.07, 6.45) is 1.02. The van der Waals surface area contributed by atoms with Gasteiger partial charge < -0.3 is 15.3 Å². The van der Waals surface area contributed by atoms with Crippen LogP contribution in [0.2, 0.25) is 5.02 Å². The van der Waals surface area contributed by atoms with E-state index in [1.165, 1.54) is 11.8 Å². The normalized spacial score (nSPS) is 16.2. The number of hydrogen-bond acceptors (Lipinski definition) is 6. The van der Waals surface area contributed by atoms with Crippen molar-refractivity contribution in [2.45, 2.75) is 35.8 Å². The molecular weight excluding hydrogens is 384 g/mol. The van der Waals surface area contributed by atoms with Crippen molar-refractivity contribution in [2.24, 2.45) is 5.92 Å². The molecule has 0 spiro atoms. The second-order valence-corrected chi connectivity index (χ2v) is 8.17. The summed E-state index contributed by atoms with van der Waals surface area (Å²) in [5.74, 6) is 0.849. The first-order chi connectivity index (χ1) is 13.0. The van der Waals surface area contributed by atoms with Gasteiger partial charge in [-0.25, -0.2) is 0 Å². The highest BCUT2D eigenvalue weighted by atomic mass is 35.5. The molecule has 3 rings (SSSR count). The maximum Gasteiger partial charge on any atom is 0.223 e. The third kappa shape index (κ3) is 5.82. The second-order valence-electron chi connectivity index (χ2n) is 6.64. The molecule has 2 aromatic rings. The van der Waals surface area contributed by atoms with E-state index in [9.17, 15) is 9.90 Å². The third-order valence-corrected chi connectivity index (χ3v) is 5.61. The molecule has 0 saturated carbocycles. The van der Waals surface area contributed by atoms with Gasteiger partial charge in [-0.1, -0.05) is 23.4 Å². The first kappa shape index (κ1) is 19.9. The Morgan fingerprint density at radius 3 is 2.56 bits per heavy atom. The van der Waals surface area contributed by atoms with Gasteiger partial charge in [-0.05, 0) is 56.2 Å². The van der Waals surface area contributed by atoms with Gasteiger partial charge in [0.1, 0.15) is 5.03 Å². The Balaban J connectivity index is 1.51. The number of amides is 1. The first-order valence-corrected chi connectivity index (χ1v) is 10.2. The van der Waals surface area contributed by atoms with Crippen LogP contribution < -0.4 is 10.2 Å². The topological polar surface area (TPSA) is 78.4 Å². The lowest BCUT2D eigenvalue weighted by Crippen LogP contribution is -2.42. The zero-order valence-corrected chi connectivity index (χ0v) is 16.7. The number of rotatable bonds is 6. The van der Waals surface area contributed by atoms with Gasteiger partial charge in [0.2, 0.25) is 5.91 Å². The molecule has 1 amide bonds. The monoisotopic (exact) mass is 406 g/mol. The highest BCUT2D eigenvalue weighted by Crippen LogP contribution is 2.28. The molecule has 1 fully saturated rings. The third-order valence-electron chi connectivity index (χ3n) is 4.42. The van der Waals surface area contributed by atoms with Crippen molar-refractivity contribution in [1.29, 1.82) is 0 Å². The molecule has 1 aliphatic rings. The summed E-state index contributed by atoms with van der Waals surface area (Å²) in [4.78, 5) is 15.3. The molecule has 2 heterocycles. The van der Waals surface area contributed by atoms with Crippen molar-refractivity contribution in [1.82, 2.24) is 15.5 Å². The highest BCUT2D eigenvalue weighted by molar-refractivity contribution is 7.99. The second kappa shape index (κ2) is 9.39.